The highest BCUT2D eigenvalue weighted by Crippen LogP contribution is 2.02. The number of aryl methyl sites for hydroxylation is 1. The van der Waals surface area contributed by atoms with Gasteiger partial charge >= 0.3 is 0 Å². The third-order valence-electron chi connectivity index (χ3n) is 1.48. The van der Waals surface area contributed by atoms with E-state index < -0.39 is 0 Å². The molecule has 1 heterocycles. The SMILES string of the molecule is NC(=O)CCc1ccc(N)cn1. The summed E-state index contributed by atoms with van der Waals surface area (Å²) in [4.78, 5) is 14.4. The van der Waals surface area contributed by atoms with Gasteiger partial charge in [0.05, 0.1) is 11.9 Å². The first-order valence-corrected chi connectivity index (χ1v) is 3.67. The van der Waals surface area contributed by atoms with Crippen LogP contribution in [0.2, 0.25) is 0 Å². The van der Waals surface area contributed by atoms with Gasteiger partial charge in [-0.15, -0.1) is 0 Å². The molecule has 0 aliphatic rings. The Bertz CT molecular complexity index is 268. The van der Waals surface area contributed by atoms with Crippen LogP contribution in [0.5, 0.6) is 0 Å². The van der Waals surface area contributed by atoms with Crippen LogP contribution in [-0.4, -0.2) is 10.9 Å². The number of nitrogen functional groups attached to an aromatic ring is 1. The van der Waals surface area contributed by atoms with Crippen LogP contribution < -0.4 is 11.5 Å². The van der Waals surface area contributed by atoms with Crippen LogP contribution in [0.15, 0.2) is 18.3 Å². The van der Waals surface area contributed by atoms with Crippen molar-refractivity contribution < 1.29 is 4.79 Å². The molecule has 0 saturated carbocycles. The van der Waals surface area contributed by atoms with E-state index in [0.717, 1.165) is 5.69 Å². The molecule has 0 saturated heterocycles. The number of nitrogens with two attached hydrogens (primary N) is 2. The van der Waals surface area contributed by atoms with Crippen molar-refractivity contribution in [2.24, 2.45) is 5.73 Å². The summed E-state index contributed by atoms with van der Waals surface area (Å²) >= 11 is 0. The van der Waals surface area contributed by atoms with Crippen molar-refractivity contribution >= 4 is 11.6 Å². The summed E-state index contributed by atoms with van der Waals surface area (Å²) in [6.45, 7) is 0. The topological polar surface area (TPSA) is 82.0 Å². The molecule has 0 fully saturated rings. The number of hydrogen-bond acceptors (Lipinski definition) is 3. The Morgan fingerprint density at radius 2 is 2.25 bits per heavy atom. The minimum Gasteiger partial charge on any atom is -0.397 e. The molecule has 0 aliphatic heterocycles. The number of anilines is 1. The van der Waals surface area contributed by atoms with E-state index in [1.165, 1.54) is 0 Å². The van der Waals surface area contributed by atoms with Crippen LogP contribution in [0, 0.1) is 0 Å². The van der Waals surface area contributed by atoms with Crippen molar-refractivity contribution in [3.05, 3.63) is 24.0 Å². The number of rotatable bonds is 3. The van der Waals surface area contributed by atoms with Gasteiger partial charge in [0.2, 0.25) is 5.91 Å². The Balaban J connectivity index is 2.53. The van der Waals surface area contributed by atoms with E-state index in [-0.39, 0.29) is 5.91 Å². The lowest BCUT2D eigenvalue weighted by Gasteiger charge is -1.97. The summed E-state index contributed by atoms with van der Waals surface area (Å²) in [7, 11) is 0. The summed E-state index contributed by atoms with van der Waals surface area (Å²) in [6.07, 6.45) is 2.48. The summed E-state index contributed by atoms with van der Waals surface area (Å²) < 4.78 is 0. The highest BCUT2D eigenvalue weighted by Gasteiger charge is 1.97. The van der Waals surface area contributed by atoms with Gasteiger partial charge < -0.3 is 11.5 Å². The molecule has 1 aromatic rings. The average molecular weight is 165 g/mol. The predicted octanol–water partition coefficient (Wildman–Crippen LogP) is 0.0817. The molecule has 0 aromatic carbocycles. The third-order valence-corrected chi connectivity index (χ3v) is 1.48. The first kappa shape index (κ1) is 8.52. The molecule has 0 bridgehead atoms. The number of nitrogens with zero attached hydrogens (tertiary/aromatic N) is 1. The van der Waals surface area contributed by atoms with Gasteiger partial charge in [0.15, 0.2) is 0 Å². The molecular formula is C8H11N3O. The minimum atomic E-state index is -0.311. The maximum Gasteiger partial charge on any atom is 0.217 e. The molecule has 1 rings (SSSR count). The minimum absolute atomic E-state index is 0.311. The molecule has 64 valence electrons. The largest absolute Gasteiger partial charge is 0.397 e. The maximum atomic E-state index is 10.4. The maximum absolute atomic E-state index is 10.4. The average Bonchev–Trinajstić information content (AvgIpc) is 2.03. The number of primary amides is 1. The number of aromatic nitrogens is 1. The monoisotopic (exact) mass is 165 g/mol. The number of carbonyl (C=O) groups is 1. The molecule has 4 N–H and O–H groups in total. The van der Waals surface area contributed by atoms with Crippen molar-refractivity contribution in [3.8, 4) is 0 Å². The second-order valence-corrected chi connectivity index (χ2v) is 2.55. The fourth-order valence-electron chi connectivity index (χ4n) is 0.835. The molecule has 0 atom stereocenters. The highest BCUT2D eigenvalue weighted by atomic mass is 16.1. The fraction of sp³-hybridized carbons (Fsp3) is 0.250. The Labute approximate surface area is 70.6 Å². The van der Waals surface area contributed by atoms with Gasteiger partial charge in [-0.2, -0.15) is 0 Å². The smallest absolute Gasteiger partial charge is 0.217 e. The van der Waals surface area contributed by atoms with E-state index in [0.29, 0.717) is 18.5 Å². The van der Waals surface area contributed by atoms with Crippen LogP contribution in [0.3, 0.4) is 0 Å². The van der Waals surface area contributed by atoms with Crippen molar-refractivity contribution in [1.29, 1.82) is 0 Å². The number of amides is 1. The number of carbonyl (C=O) groups excluding carboxylic acids is 1. The summed E-state index contributed by atoms with van der Waals surface area (Å²) in [5.74, 6) is -0.311. The van der Waals surface area contributed by atoms with E-state index in [9.17, 15) is 4.79 Å². The Hall–Kier alpha value is -1.58. The van der Waals surface area contributed by atoms with E-state index in [2.05, 4.69) is 4.98 Å². The standard InChI is InChI=1S/C8H11N3O/c9-6-1-2-7(11-5-6)3-4-8(10)12/h1-2,5H,3-4,9H2,(H2,10,12). The van der Waals surface area contributed by atoms with Crippen LogP contribution >= 0.6 is 0 Å². The lowest BCUT2D eigenvalue weighted by atomic mass is 10.2. The first-order valence-electron chi connectivity index (χ1n) is 3.67. The zero-order valence-corrected chi connectivity index (χ0v) is 6.66. The van der Waals surface area contributed by atoms with E-state index in [4.69, 9.17) is 11.5 Å². The second-order valence-electron chi connectivity index (χ2n) is 2.55. The molecular weight excluding hydrogens is 154 g/mol. The number of hydrogen-bond donors (Lipinski definition) is 2. The van der Waals surface area contributed by atoms with Gasteiger partial charge in [0.1, 0.15) is 0 Å². The normalized spacial score (nSPS) is 9.67. The van der Waals surface area contributed by atoms with E-state index >= 15 is 0 Å². The predicted molar refractivity (Wildman–Crippen MR) is 46.2 cm³/mol. The van der Waals surface area contributed by atoms with Crippen LogP contribution in [0.25, 0.3) is 0 Å². The summed E-state index contributed by atoms with van der Waals surface area (Å²) in [6, 6.07) is 3.54. The Morgan fingerprint density at radius 1 is 1.50 bits per heavy atom. The van der Waals surface area contributed by atoms with Gasteiger partial charge in [-0.3, -0.25) is 9.78 Å². The summed E-state index contributed by atoms with van der Waals surface area (Å²) in [5.41, 5.74) is 11.9. The van der Waals surface area contributed by atoms with Crippen molar-refractivity contribution in [1.82, 2.24) is 4.98 Å². The quantitative estimate of drug-likeness (QED) is 0.665. The molecule has 0 radical (unpaired) electrons. The second kappa shape index (κ2) is 3.71. The molecule has 0 aliphatic carbocycles. The van der Waals surface area contributed by atoms with Gasteiger partial charge in [-0.25, -0.2) is 0 Å². The molecule has 1 aromatic heterocycles. The van der Waals surface area contributed by atoms with Crippen LogP contribution in [-0.2, 0) is 11.2 Å². The molecule has 0 spiro atoms. The van der Waals surface area contributed by atoms with Gasteiger partial charge in [-0.1, -0.05) is 0 Å². The molecule has 4 nitrogen and oxygen atoms in total. The Kier molecular flexibility index (Phi) is 2.63. The number of pyridine rings is 1. The summed E-state index contributed by atoms with van der Waals surface area (Å²) in [5, 5.41) is 0. The molecule has 0 unspecified atom stereocenters. The fourth-order valence-corrected chi connectivity index (χ4v) is 0.835. The van der Waals surface area contributed by atoms with E-state index in [1.54, 1.807) is 18.3 Å². The van der Waals surface area contributed by atoms with E-state index in [1.807, 2.05) is 0 Å². The van der Waals surface area contributed by atoms with Crippen molar-refractivity contribution in [3.63, 3.8) is 0 Å². The lowest BCUT2D eigenvalue weighted by molar-refractivity contribution is -0.118. The lowest BCUT2D eigenvalue weighted by Crippen LogP contribution is -2.11. The Morgan fingerprint density at radius 3 is 2.75 bits per heavy atom. The van der Waals surface area contributed by atoms with Gasteiger partial charge in [0.25, 0.3) is 0 Å². The molecule has 4 heteroatoms. The zero-order chi connectivity index (χ0) is 8.97. The molecule has 1 amide bonds. The van der Waals surface area contributed by atoms with Crippen molar-refractivity contribution in [2.75, 3.05) is 5.73 Å². The first-order chi connectivity index (χ1) is 5.68. The van der Waals surface area contributed by atoms with Crippen LogP contribution in [0.4, 0.5) is 5.69 Å². The zero-order valence-electron chi connectivity index (χ0n) is 6.66. The van der Waals surface area contributed by atoms with Gasteiger partial charge in [0, 0.05) is 12.1 Å². The van der Waals surface area contributed by atoms with Crippen LogP contribution in [0.1, 0.15) is 12.1 Å². The third kappa shape index (κ3) is 2.57. The molecule has 12 heavy (non-hydrogen) atoms. The van der Waals surface area contributed by atoms with Crippen molar-refractivity contribution in [2.45, 2.75) is 12.8 Å². The highest BCUT2D eigenvalue weighted by molar-refractivity contribution is 5.73. The van der Waals surface area contributed by atoms with Gasteiger partial charge in [-0.05, 0) is 18.6 Å².